The third-order valence-corrected chi connectivity index (χ3v) is 3.08. The van der Waals surface area contributed by atoms with Crippen LogP contribution >= 0.6 is 11.8 Å². The molecule has 1 aromatic heterocycles. The summed E-state index contributed by atoms with van der Waals surface area (Å²) in [6.45, 7) is 2.43. The maximum atomic E-state index is 5.95. The van der Waals surface area contributed by atoms with Crippen molar-refractivity contribution in [3.63, 3.8) is 0 Å². The molecule has 0 aliphatic rings. The van der Waals surface area contributed by atoms with Gasteiger partial charge in [-0.2, -0.15) is 4.98 Å². The zero-order valence-electron chi connectivity index (χ0n) is 9.46. The summed E-state index contributed by atoms with van der Waals surface area (Å²) in [7, 11) is 0. The molecule has 0 saturated heterocycles. The summed E-state index contributed by atoms with van der Waals surface area (Å²) in [4.78, 5) is 9.25. The lowest BCUT2D eigenvalue weighted by Crippen LogP contribution is -2.02. The number of hydrogen-bond acceptors (Lipinski definition) is 5. The zero-order valence-corrected chi connectivity index (χ0v) is 10.3. The fourth-order valence-electron chi connectivity index (χ4n) is 1.30. The molecule has 2 rings (SSSR count). The Hall–Kier alpha value is -1.75. The summed E-state index contributed by atoms with van der Waals surface area (Å²) in [6.07, 6.45) is 1.46. The number of nitrogens with zero attached hydrogens (tertiary/aromatic N) is 2. The van der Waals surface area contributed by atoms with Gasteiger partial charge in [0.15, 0.2) is 0 Å². The molecule has 0 fully saturated rings. The molecule has 0 amide bonds. The molecule has 1 heterocycles. The Kier molecular flexibility index (Phi) is 3.82. The van der Waals surface area contributed by atoms with E-state index in [2.05, 4.69) is 9.97 Å². The van der Waals surface area contributed by atoms with Crippen LogP contribution in [0.4, 0.5) is 5.69 Å². The van der Waals surface area contributed by atoms with Crippen molar-refractivity contribution in [3.05, 3.63) is 36.7 Å². The van der Waals surface area contributed by atoms with Gasteiger partial charge in [-0.25, -0.2) is 4.98 Å². The fraction of sp³-hybridized carbons (Fsp3) is 0.167. The molecule has 2 aromatic rings. The highest BCUT2D eigenvalue weighted by Crippen LogP contribution is 2.33. The van der Waals surface area contributed by atoms with E-state index in [0.29, 0.717) is 18.2 Å². The SMILES string of the molecule is CCOc1ncnc(Sc2ccccc2)c1N. The van der Waals surface area contributed by atoms with Crippen LogP contribution in [0.1, 0.15) is 6.92 Å². The van der Waals surface area contributed by atoms with Gasteiger partial charge >= 0.3 is 0 Å². The van der Waals surface area contributed by atoms with E-state index < -0.39 is 0 Å². The van der Waals surface area contributed by atoms with Crippen molar-refractivity contribution in [1.29, 1.82) is 0 Å². The molecule has 0 atom stereocenters. The second-order valence-electron chi connectivity index (χ2n) is 3.25. The van der Waals surface area contributed by atoms with Gasteiger partial charge in [0.1, 0.15) is 17.0 Å². The van der Waals surface area contributed by atoms with E-state index in [-0.39, 0.29) is 0 Å². The van der Waals surface area contributed by atoms with Gasteiger partial charge in [-0.1, -0.05) is 30.0 Å². The Bertz CT molecular complexity index is 490. The number of nitrogens with two attached hydrogens (primary N) is 1. The van der Waals surface area contributed by atoms with Crippen LogP contribution in [0.25, 0.3) is 0 Å². The summed E-state index contributed by atoms with van der Waals surface area (Å²) < 4.78 is 5.33. The molecular formula is C12H13N3OS. The van der Waals surface area contributed by atoms with Gasteiger partial charge in [-0.3, -0.25) is 0 Å². The Morgan fingerprint density at radius 2 is 2.00 bits per heavy atom. The molecule has 0 bridgehead atoms. The maximum Gasteiger partial charge on any atom is 0.241 e. The second-order valence-corrected chi connectivity index (χ2v) is 4.31. The number of rotatable bonds is 4. The number of nitrogen functional groups attached to an aromatic ring is 1. The smallest absolute Gasteiger partial charge is 0.241 e. The van der Waals surface area contributed by atoms with Crippen molar-refractivity contribution in [1.82, 2.24) is 9.97 Å². The third kappa shape index (κ3) is 2.88. The molecule has 0 unspecified atom stereocenters. The maximum absolute atomic E-state index is 5.95. The van der Waals surface area contributed by atoms with Crippen molar-refractivity contribution in [2.45, 2.75) is 16.8 Å². The molecule has 0 saturated carbocycles. The predicted octanol–water partition coefficient (Wildman–Crippen LogP) is 2.61. The van der Waals surface area contributed by atoms with Gasteiger partial charge < -0.3 is 10.5 Å². The minimum absolute atomic E-state index is 0.445. The summed E-state index contributed by atoms with van der Waals surface area (Å²) in [6, 6.07) is 9.94. The topological polar surface area (TPSA) is 61.0 Å². The molecule has 0 spiro atoms. The molecule has 0 aliphatic heterocycles. The second kappa shape index (κ2) is 5.54. The van der Waals surface area contributed by atoms with Crippen LogP contribution in [0, 0.1) is 0 Å². The minimum atomic E-state index is 0.445. The number of ether oxygens (including phenoxy) is 1. The molecule has 0 aliphatic carbocycles. The van der Waals surface area contributed by atoms with Crippen LogP contribution in [0.15, 0.2) is 46.6 Å². The molecule has 0 radical (unpaired) electrons. The molecule has 88 valence electrons. The lowest BCUT2D eigenvalue weighted by molar-refractivity contribution is 0.327. The summed E-state index contributed by atoms with van der Waals surface area (Å²) >= 11 is 1.50. The van der Waals surface area contributed by atoms with Crippen LogP contribution in [-0.4, -0.2) is 16.6 Å². The molecule has 1 aromatic carbocycles. The van der Waals surface area contributed by atoms with E-state index in [1.165, 1.54) is 18.1 Å². The average Bonchev–Trinajstić information content (AvgIpc) is 2.36. The largest absolute Gasteiger partial charge is 0.476 e. The number of benzene rings is 1. The Labute approximate surface area is 104 Å². The first kappa shape index (κ1) is 11.7. The van der Waals surface area contributed by atoms with Crippen LogP contribution in [-0.2, 0) is 0 Å². The van der Waals surface area contributed by atoms with Gasteiger partial charge in [-0.05, 0) is 19.1 Å². The van der Waals surface area contributed by atoms with Crippen LogP contribution < -0.4 is 10.5 Å². The van der Waals surface area contributed by atoms with E-state index >= 15 is 0 Å². The summed E-state index contributed by atoms with van der Waals surface area (Å²) in [5, 5.41) is 0.717. The van der Waals surface area contributed by atoms with Gasteiger partial charge in [0.05, 0.1) is 6.61 Å². The van der Waals surface area contributed by atoms with E-state index in [0.717, 1.165) is 9.92 Å². The van der Waals surface area contributed by atoms with Gasteiger partial charge in [0.2, 0.25) is 5.88 Å². The van der Waals surface area contributed by atoms with Crippen LogP contribution in [0.3, 0.4) is 0 Å². The lowest BCUT2D eigenvalue weighted by atomic mass is 10.4. The lowest BCUT2D eigenvalue weighted by Gasteiger charge is -2.08. The molecule has 4 nitrogen and oxygen atoms in total. The van der Waals surface area contributed by atoms with Crippen molar-refractivity contribution in [2.24, 2.45) is 0 Å². The van der Waals surface area contributed by atoms with E-state index in [1.54, 1.807) is 0 Å². The van der Waals surface area contributed by atoms with Crippen LogP contribution in [0.5, 0.6) is 5.88 Å². The monoisotopic (exact) mass is 247 g/mol. The van der Waals surface area contributed by atoms with Crippen molar-refractivity contribution in [2.75, 3.05) is 12.3 Å². The first-order valence-electron chi connectivity index (χ1n) is 5.27. The van der Waals surface area contributed by atoms with E-state index in [1.807, 2.05) is 37.3 Å². The number of hydrogen-bond donors (Lipinski definition) is 1. The van der Waals surface area contributed by atoms with Gasteiger partial charge in [0, 0.05) is 4.90 Å². The highest BCUT2D eigenvalue weighted by Gasteiger charge is 2.09. The Morgan fingerprint density at radius 1 is 1.24 bits per heavy atom. The normalized spacial score (nSPS) is 10.2. The number of aromatic nitrogens is 2. The zero-order chi connectivity index (χ0) is 12.1. The standard InChI is InChI=1S/C12H13N3OS/c1-2-16-11-10(13)12(15-8-14-11)17-9-6-4-3-5-7-9/h3-8H,2,13H2,1H3. The van der Waals surface area contributed by atoms with Crippen molar-refractivity contribution in [3.8, 4) is 5.88 Å². The molecule has 17 heavy (non-hydrogen) atoms. The van der Waals surface area contributed by atoms with E-state index in [9.17, 15) is 0 Å². The minimum Gasteiger partial charge on any atom is -0.476 e. The molecule has 5 heteroatoms. The van der Waals surface area contributed by atoms with E-state index in [4.69, 9.17) is 10.5 Å². The number of anilines is 1. The highest BCUT2D eigenvalue weighted by molar-refractivity contribution is 7.99. The highest BCUT2D eigenvalue weighted by atomic mass is 32.2. The summed E-state index contributed by atoms with van der Waals surface area (Å²) in [5.74, 6) is 0.445. The Morgan fingerprint density at radius 3 is 2.71 bits per heavy atom. The Balaban J connectivity index is 2.24. The summed E-state index contributed by atoms with van der Waals surface area (Å²) in [5.41, 5.74) is 6.44. The molecular weight excluding hydrogens is 234 g/mol. The predicted molar refractivity (Wildman–Crippen MR) is 68.2 cm³/mol. The van der Waals surface area contributed by atoms with Crippen molar-refractivity contribution < 1.29 is 4.74 Å². The first-order valence-corrected chi connectivity index (χ1v) is 6.09. The first-order chi connectivity index (χ1) is 8.31. The van der Waals surface area contributed by atoms with Gasteiger partial charge in [-0.15, -0.1) is 0 Å². The quantitative estimate of drug-likeness (QED) is 0.841. The van der Waals surface area contributed by atoms with Crippen molar-refractivity contribution >= 4 is 17.4 Å². The molecule has 2 N–H and O–H groups in total. The average molecular weight is 247 g/mol. The van der Waals surface area contributed by atoms with Crippen LogP contribution in [0.2, 0.25) is 0 Å². The third-order valence-electron chi connectivity index (χ3n) is 2.05. The van der Waals surface area contributed by atoms with Gasteiger partial charge in [0.25, 0.3) is 0 Å². The fourth-order valence-corrected chi connectivity index (χ4v) is 2.11.